The van der Waals surface area contributed by atoms with Gasteiger partial charge in [0.2, 0.25) is 0 Å². The molecule has 0 fully saturated rings. The molecule has 7 nitrogen and oxygen atoms in total. The smallest absolute Gasteiger partial charge is 0.438 e. The second-order valence-electron chi connectivity index (χ2n) is 4.46. The van der Waals surface area contributed by atoms with E-state index in [2.05, 4.69) is 9.47 Å². The number of rotatable bonds is 4. The zero-order valence-electron chi connectivity index (χ0n) is 14.8. The molecule has 0 aliphatic rings. The summed E-state index contributed by atoms with van der Waals surface area (Å²) >= 11 is 0. The molecule has 0 atom stereocenters. The second-order valence-corrected chi connectivity index (χ2v) is 4.46. The Morgan fingerprint density at radius 3 is 1.27 bits per heavy atom. The minimum absolute atomic E-state index is 0.257. The standard InChI is InChI=1S/2C9H10O3.CH2O/c2*1-11-9(10)12-7-8-5-3-2-4-6-8;1-2/h2*2-6H,7H2,1H3;1H2. The molecule has 0 saturated heterocycles. The quantitative estimate of drug-likeness (QED) is 0.765. The van der Waals surface area contributed by atoms with E-state index in [0.717, 1.165) is 11.1 Å². The third-order valence-electron chi connectivity index (χ3n) is 2.73. The summed E-state index contributed by atoms with van der Waals surface area (Å²) < 4.78 is 18.1. The van der Waals surface area contributed by atoms with Crippen molar-refractivity contribution in [3.8, 4) is 0 Å². The van der Waals surface area contributed by atoms with Crippen LogP contribution in [0, 0.1) is 0 Å². The fourth-order valence-corrected chi connectivity index (χ4v) is 1.55. The van der Waals surface area contributed by atoms with Gasteiger partial charge in [0, 0.05) is 0 Å². The van der Waals surface area contributed by atoms with Gasteiger partial charge in [-0.3, -0.25) is 0 Å². The van der Waals surface area contributed by atoms with Gasteiger partial charge in [0.05, 0.1) is 14.2 Å². The number of hydrogen-bond acceptors (Lipinski definition) is 7. The van der Waals surface area contributed by atoms with E-state index in [1.54, 1.807) is 0 Å². The Morgan fingerprint density at radius 1 is 0.692 bits per heavy atom. The fraction of sp³-hybridized carbons (Fsp3) is 0.211. The lowest BCUT2D eigenvalue weighted by Crippen LogP contribution is -2.03. The van der Waals surface area contributed by atoms with E-state index in [4.69, 9.17) is 14.3 Å². The summed E-state index contributed by atoms with van der Waals surface area (Å²) in [5.41, 5.74) is 1.89. The first-order valence-corrected chi connectivity index (χ1v) is 7.44. The van der Waals surface area contributed by atoms with Crippen molar-refractivity contribution < 1.29 is 33.3 Å². The number of methoxy groups -OCH3 is 2. The van der Waals surface area contributed by atoms with Crippen molar-refractivity contribution >= 4 is 19.1 Å². The van der Waals surface area contributed by atoms with Crippen LogP contribution in [0.1, 0.15) is 11.1 Å². The van der Waals surface area contributed by atoms with Gasteiger partial charge in [0.15, 0.2) is 0 Å². The molecule has 0 radical (unpaired) electrons. The molecule has 2 rings (SSSR count). The Kier molecular flexibility index (Phi) is 13.2. The molecular formula is C19H22O7. The van der Waals surface area contributed by atoms with Crippen molar-refractivity contribution in [1.29, 1.82) is 0 Å². The van der Waals surface area contributed by atoms with Crippen molar-refractivity contribution in [2.75, 3.05) is 14.2 Å². The van der Waals surface area contributed by atoms with E-state index in [-0.39, 0.29) is 13.2 Å². The largest absolute Gasteiger partial charge is 0.508 e. The molecule has 0 aliphatic carbocycles. The first-order valence-electron chi connectivity index (χ1n) is 7.44. The predicted molar refractivity (Wildman–Crippen MR) is 94.4 cm³/mol. The van der Waals surface area contributed by atoms with E-state index in [0.29, 0.717) is 0 Å². The highest BCUT2D eigenvalue weighted by atomic mass is 16.7. The molecule has 2 aromatic rings. The Labute approximate surface area is 152 Å². The van der Waals surface area contributed by atoms with E-state index < -0.39 is 12.3 Å². The number of benzene rings is 2. The average Bonchev–Trinajstić information content (AvgIpc) is 2.73. The van der Waals surface area contributed by atoms with Crippen LogP contribution < -0.4 is 0 Å². The van der Waals surface area contributed by atoms with Gasteiger partial charge in [-0.15, -0.1) is 0 Å². The van der Waals surface area contributed by atoms with Gasteiger partial charge in [0.25, 0.3) is 0 Å². The summed E-state index contributed by atoms with van der Waals surface area (Å²) in [5, 5.41) is 0. The molecular weight excluding hydrogens is 340 g/mol. The zero-order chi connectivity index (χ0) is 19.6. The topological polar surface area (TPSA) is 88.1 Å². The van der Waals surface area contributed by atoms with E-state index in [9.17, 15) is 9.59 Å². The van der Waals surface area contributed by atoms with Crippen LogP contribution >= 0.6 is 0 Å². The highest BCUT2D eigenvalue weighted by Gasteiger charge is 2.00. The Hall–Kier alpha value is -3.35. The molecule has 0 bridgehead atoms. The molecule has 0 spiro atoms. The summed E-state index contributed by atoms with van der Waals surface area (Å²) in [5.74, 6) is 0. The van der Waals surface area contributed by atoms with Crippen molar-refractivity contribution in [3.63, 3.8) is 0 Å². The van der Waals surface area contributed by atoms with Crippen molar-refractivity contribution in [2.24, 2.45) is 0 Å². The number of hydrogen-bond donors (Lipinski definition) is 0. The van der Waals surface area contributed by atoms with Gasteiger partial charge >= 0.3 is 12.3 Å². The molecule has 0 N–H and O–H groups in total. The highest BCUT2D eigenvalue weighted by Crippen LogP contribution is 2.01. The summed E-state index contributed by atoms with van der Waals surface area (Å²) in [7, 11) is 2.57. The lowest BCUT2D eigenvalue weighted by atomic mass is 10.2. The van der Waals surface area contributed by atoms with E-state index in [1.165, 1.54) is 14.2 Å². The lowest BCUT2D eigenvalue weighted by Gasteiger charge is -2.01. The Balaban J connectivity index is 0.000000439. The number of carbonyl (C=O) groups is 3. The maximum Gasteiger partial charge on any atom is 0.508 e. The zero-order valence-corrected chi connectivity index (χ0v) is 14.8. The molecule has 0 unspecified atom stereocenters. The Morgan fingerprint density at radius 2 is 1.00 bits per heavy atom. The highest BCUT2D eigenvalue weighted by molar-refractivity contribution is 5.59. The van der Waals surface area contributed by atoms with Crippen LogP contribution in [0.4, 0.5) is 9.59 Å². The normalized spacial score (nSPS) is 8.54. The first kappa shape index (κ1) is 22.7. The molecule has 140 valence electrons. The predicted octanol–water partition coefficient (Wildman–Crippen LogP) is 3.75. The molecule has 0 saturated carbocycles. The van der Waals surface area contributed by atoms with E-state index in [1.807, 2.05) is 67.5 Å². The van der Waals surface area contributed by atoms with Crippen LogP contribution in [-0.2, 0) is 37.0 Å². The molecule has 2 aromatic carbocycles. The van der Waals surface area contributed by atoms with Gasteiger partial charge < -0.3 is 23.7 Å². The average molecular weight is 362 g/mol. The van der Waals surface area contributed by atoms with Crippen LogP contribution in [0.2, 0.25) is 0 Å². The van der Waals surface area contributed by atoms with Gasteiger partial charge in [-0.1, -0.05) is 60.7 Å². The SMILES string of the molecule is C=O.COC(=O)OCc1ccccc1.COC(=O)OCc1ccccc1. The fourth-order valence-electron chi connectivity index (χ4n) is 1.55. The van der Waals surface area contributed by atoms with Crippen LogP contribution in [0.3, 0.4) is 0 Å². The van der Waals surface area contributed by atoms with Gasteiger partial charge in [-0.25, -0.2) is 9.59 Å². The van der Waals surface area contributed by atoms with Gasteiger partial charge in [-0.2, -0.15) is 0 Å². The third-order valence-corrected chi connectivity index (χ3v) is 2.73. The number of ether oxygens (including phenoxy) is 4. The molecule has 0 aliphatic heterocycles. The van der Waals surface area contributed by atoms with Crippen molar-refractivity contribution in [1.82, 2.24) is 0 Å². The van der Waals surface area contributed by atoms with Crippen LogP contribution in [0.25, 0.3) is 0 Å². The summed E-state index contributed by atoms with van der Waals surface area (Å²) in [4.78, 5) is 29.1. The van der Waals surface area contributed by atoms with Crippen LogP contribution in [0.15, 0.2) is 60.7 Å². The van der Waals surface area contributed by atoms with E-state index >= 15 is 0 Å². The van der Waals surface area contributed by atoms with Crippen molar-refractivity contribution in [3.05, 3.63) is 71.8 Å². The Bertz CT molecular complexity index is 559. The maximum absolute atomic E-state index is 10.5. The summed E-state index contributed by atoms with van der Waals surface area (Å²) in [6.07, 6.45) is -1.31. The first-order chi connectivity index (χ1) is 12.7. The monoisotopic (exact) mass is 362 g/mol. The third kappa shape index (κ3) is 11.2. The molecule has 0 aromatic heterocycles. The minimum atomic E-state index is -0.654. The second kappa shape index (κ2) is 15.2. The molecule has 26 heavy (non-hydrogen) atoms. The van der Waals surface area contributed by atoms with Crippen molar-refractivity contribution in [2.45, 2.75) is 13.2 Å². The van der Waals surface area contributed by atoms with Gasteiger partial charge in [0.1, 0.15) is 20.0 Å². The number of carbonyl (C=O) groups excluding carboxylic acids is 3. The molecule has 7 heteroatoms. The maximum atomic E-state index is 10.5. The minimum Gasteiger partial charge on any atom is -0.438 e. The molecule has 0 heterocycles. The summed E-state index contributed by atoms with van der Waals surface area (Å²) in [6, 6.07) is 18.9. The molecule has 0 amide bonds. The lowest BCUT2D eigenvalue weighted by molar-refractivity contribution is -0.0980. The van der Waals surface area contributed by atoms with Gasteiger partial charge in [-0.05, 0) is 11.1 Å². The van der Waals surface area contributed by atoms with Crippen LogP contribution in [0.5, 0.6) is 0 Å². The van der Waals surface area contributed by atoms with Crippen LogP contribution in [-0.4, -0.2) is 33.3 Å². The summed E-state index contributed by atoms with van der Waals surface area (Å²) in [6.45, 7) is 2.51.